The third kappa shape index (κ3) is 2.73. The van der Waals surface area contributed by atoms with Gasteiger partial charge in [0.25, 0.3) is 0 Å². The van der Waals surface area contributed by atoms with Crippen LogP contribution in [0.15, 0.2) is 24.3 Å². The van der Waals surface area contributed by atoms with Crippen molar-refractivity contribution in [3.8, 4) is 5.75 Å². The summed E-state index contributed by atoms with van der Waals surface area (Å²) >= 11 is 0. The maximum atomic E-state index is 13.4. The number of hydrogen-bond donors (Lipinski definition) is 1. The predicted octanol–water partition coefficient (Wildman–Crippen LogP) is 3.47. The van der Waals surface area contributed by atoms with Gasteiger partial charge in [-0.3, -0.25) is 4.57 Å². The summed E-state index contributed by atoms with van der Waals surface area (Å²) in [6.07, 6.45) is -1.41. The van der Waals surface area contributed by atoms with Gasteiger partial charge in [-0.1, -0.05) is 18.2 Å². The molecule has 1 unspecified atom stereocenters. The van der Waals surface area contributed by atoms with E-state index in [4.69, 9.17) is 13.8 Å². The molecule has 0 saturated carbocycles. The Balaban J connectivity index is 1.95. The standard InChI is InChI=1S/C16H24NO5P/c1-10(2)21-23(19,22-11(3)4)15-16(5)17(15)14(18)12-8-6-7-9-13(12)20-16/h6-11,14-15,18H,1-5H3/t14-,15-,16-,17?/m0/s1. The number of benzene rings is 1. The third-order valence-electron chi connectivity index (χ3n) is 3.98. The molecular formula is C16H24NO5P. The summed E-state index contributed by atoms with van der Waals surface area (Å²) in [4.78, 5) is 1.65. The highest BCUT2D eigenvalue weighted by Gasteiger charge is 2.76. The van der Waals surface area contributed by atoms with Crippen LogP contribution in [0.2, 0.25) is 0 Å². The van der Waals surface area contributed by atoms with Crippen LogP contribution in [0.25, 0.3) is 0 Å². The van der Waals surface area contributed by atoms with E-state index in [1.54, 1.807) is 24.0 Å². The van der Waals surface area contributed by atoms with Gasteiger partial charge in [0, 0.05) is 5.56 Å². The van der Waals surface area contributed by atoms with E-state index >= 15 is 0 Å². The van der Waals surface area contributed by atoms with Gasteiger partial charge in [-0.05, 0) is 40.7 Å². The summed E-state index contributed by atoms with van der Waals surface area (Å²) in [7, 11) is -3.49. The lowest BCUT2D eigenvalue weighted by molar-refractivity contribution is -0.0160. The van der Waals surface area contributed by atoms with E-state index < -0.39 is 25.3 Å². The van der Waals surface area contributed by atoms with E-state index in [0.29, 0.717) is 11.3 Å². The van der Waals surface area contributed by atoms with Gasteiger partial charge in [-0.15, -0.1) is 0 Å². The van der Waals surface area contributed by atoms with Crippen molar-refractivity contribution < 1.29 is 23.5 Å². The molecular weight excluding hydrogens is 317 g/mol. The Morgan fingerprint density at radius 1 is 1.22 bits per heavy atom. The smallest absolute Gasteiger partial charge is 0.353 e. The van der Waals surface area contributed by atoms with Crippen LogP contribution in [0.3, 0.4) is 0 Å². The van der Waals surface area contributed by atoms with Gasteiger partial charge in [0.2, 0.25) is 0 Å². The average Bonchev–Trinajstić information content (AvgIpc) is 3.04. The Kier molecular flexibility index (Phi) is 4.10. The van der Waals surface area contributed by atoms with E-state index in [9.17, 15) is 9.67 Å². The quantitative estimate of drug-likeness (QED) is 0.653. The fraction of sp³-hybridized carbons (Fsp3) is 0.625. The monoisotopic (exact) mass is 341 g/mol. The molecule has 1 aromatic carbocycles. The van der Waals surface area contributed by atoms with Gasteiger partial charge >= 0.3 is 7.60 Å². The highest BCUT2D eigenvalue weighted by atomic mass is 31.2. The minimum atomic E-state index is -3.49. The van der Waals surface area contributed by atoms with Gasteiger partial charge < -0.3 is 18.9 Å². The molecule has 2 heterocycles. The molecule has 2 aliphatic heterocycles. The molecule has 0 radical (unpaired) electrons. The Bertz CT molecular complexity index is 635. The number of aliphatic hydroxyl groups excluding tert-OH is 1. The van der Waals surface area contributed by atoms with Gasteiger partial charge in [0.15, 0.2) is 11.5 Å². The first kappa shape index (κ1) is 16.9. The summed E-state index contributed by atoms with van der Waals surface area (Å²) in [6, 6.07) is 7.28. The van der Waals surface area contributed by atoms with Crippen LogP contribution in [-0.4, -0.2) is 33.7 Å². The summed E-state index contributed by atoms with van der Waals surface area (Å²) in [5.74, 6) is -0.0379. The zero-order valence-corrected chi connectivity index (χ0v) is 15.0. The number of fused-ring (bicyclic) bond motifs is 2. The fourth-order valence-electron chi connectivity index (χ4n) is 3.19. The first-order valence-corrected chi connectivity index (χ1v) is 9.51. The SMILES string of the molecule is CC(C)OP(=O)(OC(C)C)[C@@H]1N2[C@@H](O)c3ccccc3O[C@@]12C. The Hall–Kier alpha value is -0.910. The molecule has 2 aliphatic rings. The first-order chi connectivity index (χ1) is 10.7. The molecule has 1 N–H and O–H groups in total. The van der Waals surface area contributed by atoms with Gasteiger partial charge in [0.05, 0.1) is 12.2 Å². The van der Waals surface area contributed by atoms with E-state index in [2.05, 4.69) is 0 Å². The molecule has 128 valence electrons. The molecule has 7 heteroatoms. The molecule has 0 aliphatic carbocycles. The Labute approximate surface area is 136 Å². The zero-order valence-electron chi connectivity index (χ0n) is 14.1. The summed E-state index contributed by atoms with van der Waals surface area (Å²) < 4.78 is 30.8. The van der Waals surface area contributed by atoms with Crippen molar-refractivity contribution in [2.24, 2.45) is 0 Å². The zero-order chi connectivity index (χ0) is 17.0. The molecule has 1 fully saturated rings. The van der Waals surface area contributed by atoms with Crippen molar-refractivity contribution in [2.75, 3.05) is 0 Å². The third-order valence-corrected chi connectivity index (χ3v) is 6.74. The lowest BCUT2D eigenvalue weighted by Gasteiger charge is -2.27. The second-order valence-corrected chi connectivity index (χ2v) is 8.69. The number of rotatable bonds is 5. The number of nitrogens with zero attached hydrogens (tertiary/aromatic N) is 1. The summed E-state index contributed by atoms with van der Waals surface area (Å²) in [5.41, 5.74) is -0.235. The summed E-state index contributed by atoms with van der Waals surface area (Å²) in [6.45, 7) is 9.05. The van der Waals surface area contributed by atoms with Crippen molar-refractivity contribution in [2.45, 2.75) is 64.6 Å². The van der Waals surface area contributed by atoms with Crippen LogP contribution < -0.4 is 4.74 Å². The maximum Gasteiger partial charge on any atom is 0.353 e. The number of ether oxygens (including phenoxy) is 1. The Morgan fingerprint density at radius 2 is 1.78 bits per heavy atom. The molecule has 0 spiro atoms. The van der Waals surface area contributed by atoms with Crippen LogP contribution >= 0.6 is 7.60 Å². The molecule has 1 saturated heterocycles. The van der Waals surface area contributed by atoms with Gasteiger partial charge in [0.1, 0.15) is 12.0 Å². The van der Waals surface area contributed by atoms with Crippen LogP contribution in [0, 0.1) is 0 Å². The lowest BCUT2D eigenvalue weighted by atomic mass is 10.1. The van der Waals surface area contributed by atoms with Gasteiger partial charge in [-0.2, -0.15) is 0 Å². The first-order valence-electron chi connectivity index (χ1n) is 7.90. The van der Waals surface area contributed by atoms with Gasteiger partial charge in [-0.25, -0.2) is 4.90 Å². The second kappa shape index (κ2) is 5.57. The minimum Gasteiger partial charge on any atom is -0.470 e. The highest BCUT2D eigenvalue weighted by Crippen LogP contribution is 2.71. The molecule has 1 aromatic rings. The van der Waals surface area contributed by atoms with Crippen LogP contribution in [0.1, 0.15) is 46.4 Å². The fourth-order valence-corrected chi connectivity index (χ4v) is 6.01. The lowest BCUT2D eigenvalue weighted by Crippen LogP contribution is -2.30. The maximum absolute atomic E-state index is 13.4. The van der Waals surface area contributed by atoms with E-state index in [1.807, 2.05) is 39.8 Å². The molecule has 0 amide bonds. The Morgan fingerprint density at radius 3 is 2.35 bits per heavy atom. The highest BCUT2D eigenvalue weighted by molar-refractivity contribution is 7.55. The van der Waals surface area contributed by atoms with Crippen LogP contribution in [0.5, 0.6) is 5.75 Å². The largest absolute Gasteiger partial charge is 0.470 e. The van der Waals surface area contributed by atoms with Crippen molar-refractivity contribution >= 4 is 7.60 Å². The topological polar surface area (TPSA) is 68.0 Å². The normalized spacial score (nSPS) is 32.4. The minimum absolute atomic E-state index is 0.258. The average molecular weight is 341 g/mol. The van der Waals surface area contributed by atoms with Crippen LogP contribution in [0.4, 0.5) is 0 Å². The van der Waals surface area contributed by atoms with E-state index in [1.165, 1.54) is 0 Å². The predicted molar refractivity (Wildman–Crippen MR) is 86.1 cm³/mol. The molecule has 0 bridgehead atoms. The van der Waals surface area contributed by atoms with Crippen molar-refractivity contribution in [3.05, 3.63) is 29.8 Å². The van der Waals surface area contributed by atoms with E-state index in [0.717, 1.165) is 0 Å². The number of para-hydroxylation sites is 1. The molecule has 0 aromatic heterocycles. The summed E-state index contributed by atoms with van der Waals surface area (Å²) in [5, 5.41) is 10.7. The van der Waals surface area contributed by atoms with Crippen molar-refractivity contribution in [1.29, 1.82) is 0 Å². The number of aliphatic hydroxyl groups is 1. The van der Waals surface area contributed by atoms with E-state index in [-0.39, 0.29) is 12.2 Å². The van der Waals surface area contributed by atoms with Crippen molar-refractivity contribution in [3.63, 3.8) is 0 Å². The van der Waals surface area contributed by atoms with Crippen LogP contribution in [-0.2, 0) is 13.6 Å². The second-order valence-electron chi connectivity index (χ2n) is 6.70. The number of hydrogen-bond acceptors (Lipinski definition) is 6. The van der Waals surface area contributed by atoms with Crippen molar-refractivity contribution in [1.82, 2.24) is 4.90 Å². The molecule has 4 atom stereocenters. The molecule has 3 rings (SSSR count). The molecule has 6 nitrogen and oxygen atoms in total. The molecule has 23 heavy (non-hydrogen) atoms.